The summed E-state index contributed by atoms with van der Waals surface area (Å²) in [6.07, 6.45) is 1.77. The van der Waals surface area contributed by atoms with Crippen LogP contribution in [0.25, 0.3) is 0 Å². The maximum Gasteiger partial charge on any atom is 0.239 e. The summed E-state index contributed by atoms with van der Waals surface area (Å²) < 4.78 is 0. The topological polar surface area (TPSA) is 43.8 Å². The number of aliphatic hydroxyl groups is 1. The Morgan fingerprint density at radius 1 is 1.22 bits per heavy atom. The number of likely N-dealkylation sites (tertiary alicyclic amines) is 2. The van der Waals surface area contributed by atoms with E-state index < -0.39 is 0 Å². The molecule has 0 aromatic heterocycles. The zero-order valence-corrected chi connectivity index (χ0v) is 11.8. The summed E-state index contributed by atoms with van der Waals surface area (Å²) in [6, 6.07) is -0.0837. The van der Waals surface area contributed by atoms with Gasteiger partial charge >= 0.3 is 0 Å². The first kappa shape index (κ1) is 13.8. The first-order valence-electron chi connectivity index (χ1n) is 7.18. The Bertz CT molecular complexity index is 298. The fourth-order valence-corrected chi connectivity index (χ4v) is 3.38. The van der Waals surface area contributed by atoms with E-state index in [1.807, 2.05) is 11.8 Å². The molecule has 2 fully saturated rings. The SMILES string of the molecule is CC1CC(C)CN(C(=O)C(C)N2CC[C@H](O)C2)C1. The van der Waals surface area contributed by atoms with Gasteiger partial charge in [0.05, 0.1) is 12.1 Å². The van der Waals surface area contributed by atoms with Gasteiger partial charge in [0.15, 0.2) is 0 Å². The summed E-state index contributed by atoms with van der Waals surface area (Å²) in [7, 11) is 0. The third-order valence-corrected chi connectivity index (χ3v) is 4.28. The van der Waals surface area contributed by atoms with Crippen molar-refractivity contribution in [1.29, 1.82) is 0 Å². The number of carbonyl (C=O) groups is 1. The lowest BCUT2D eigenvalue weighted by molar-refractivity contribution is -0.138. The van der Waals surface area contributed by atoms with Crippen molar-refractivity contribution < 1.29 is 9.90 Å². The van der Waals surface area contributed by atoms with E-state index in [1.54, 1.807) is 0 Å². The molecule has 1 amide bonds. The predicted molar refractivity (Wildman–Crippen MR) is 71.2 cm³/mol. The molecule has 0 aromatic carbocycles. The molecule has 0 aliphatic carbocycles. The number of carbonyl (C=O) groups excluding carboxylic acids is 1. The van der Waals surface area contributed by atoms with Crippen molar-refractivity contribution in [2.24, 2.45) is 11.8 Å². The average molecular weight is 254 g/mol. The summed E-state index contributed by atoms with van der Waals surface area (Å²) in [5, 5.41) is 9.56. The van der Waals surface area contributed by atoms with Crippen LogP contribution in [0, 0.1) is 11.8 Å². The van der Waals surface area contributed by atoms with E-state index in [1.165, 1.54) is 6.42 Å². The fourth-order valence-electron chi connectivity index (χ4n) is 3.38. The summed E-state index contributed by atoms with van der Waals surface area (Å²) in [5.41, 5.74) is 0. The number of aliphatic hydroxyl groups excluding tert-OH is 1. The molecule has 2 rings (SSSR count). The normalized spacial score (nSPS) is 35.8. The van der Waals surface area contributed by atoms with Crippen molar-refractivity contribution in [1.82, 2.24) is 9.80 Å². The molecule has 4 heteroatoms. The van der Waals surface area contributed by atoms with Crippen LogP contribution >= 0.6 is 0 Å². The van der Waals surface area contributed by atoms with Crippen molar-refractivity contribution >= 4 is 5.91 Å². The van der Waals surface area contributed by atoms with Crippen LogP contribution in [0.4, 0.5) is 0 Å². The van der Waals surface area contributed by atoms with E-state index in [0.29, 0.717) is 18.4 Å². The van der Waals surface area contributed by atoms with Crippen LogP contribution in [-0.4, -0.2) is 59.1 Å². The van der Waals surface area contributed by atoms with Gasteiger partial charge in [-0.2, -0.15) is 0 Å². The van der Waals surface area contributed by atoms with Gasteiger partial charge in [-0.05, 0) is 31.6 Å². The molecule has 4 atom stereocenters. The maximum absolute atomic E-state index is 12.5. The van der Waals surface area contributed by atoms with Crippen LogP contribution in [0.1, 0.15) is 33.6 Å². The first-order valence-corrected chi connectivity index (χ1v) is 7.18. The lowest BCUT2D eigenvalue weighted by Crippen LogP contribution is -2.51. The molecule has 18 heavy (non-hydrogen) atoms. The van der Waals surface area contributed by atoms with Crippen LogP contribution in [0.5, 0.6) is 0 Å². The molecule has 2 saturated heterocycles. The van der Waals surface area contributed by atoms with Crippen LogP contribution < -0.4 is 0 Å². The Balaban J connectivity index is 1.93. The molecule has 0 spiro atoms. The predicted octanol–water partition coefficient (Wildman–Crippen LogP) is 0.946. The number of β-amino-alcohol motifs (C(OH)–C–C–N with tert-alkyl or cyclic N) is 1. The molecule has 0 saturated carbocycles. The molecule has 3 unspecified atom stereocenters. The minimum absolute atomic E-state index is 0.0837. The molecule has 0 aromatic rings. The largest absolute Gasteiger partial charge is 0.392 e. The van der Waals surface area contributed by atoms with Gasteiger partial charge in [0.25, 0.3) is 0 Å². The molecule has 2 aliphatic rings. The number of hydrogen-bond acceptors (Lipinski definition) is 3. The zero-order valence-electron chi connectivity index (χ0n) is 11.8. The van der Waals surface area contributed by atoms with Gasteiger partial charge in [-0.25, -0.2) is 0 Å². The lowest BCUT2D eigenvalue weighted by atomic mass is 9.91. The van der Waals surface area contributed by atoms with Crippen molar-refractivity contribution in [3.05, 3.63) is 0 Å². The third-order valence-electron chi connectivity index (χ3n) is 4.28. The van der Waals surface area contributed by atoms with Crippen molar-refractivity contribution in [3.63, 3.8) is 0 Å². The van der Waals surface area contributed by atoms with E-state index >= 15 is 0 Å². The molecule has 2 heterocycles. The second-order valence-corrected chi connectivity index (χ2v) is 6.30. The van der Waals surface area contributed by atoms with E-state index in [0.717, 1.165) is 26.1 Å². The van der Waals surface area contributed by atoms with Crippen LogP contribution in [0.15, 0.2) is 0 Å². The molecule has 2 aliphatic heterocycles. The summed E-state index contributed by atoms with van der Waals surface area (Å²) in [6.45, 7) is 9.69. The number of rotatable bonds is 2. The lowest BCUT2D eigenvalue weighted by Gasteiger charge is -2.38. The van der Waals surface area contributed by atoms with Gasteiger partial charge in [0, 0.05) is 26.2 Å². The van der Waals surface area contributed by atoms with E-state index in [9.17, 15) is 9.90 Å². The van der Waals surface area contributed by atoms with Crippen LogP contribution in [0.2, 0.25) is 0 Å². The van der Waals surface area contributed by atoms with Crippen molar-refractivity contribution in [3.8, 4) is 0 Å². The molecule has 0 radical (unpaired) electrons. The fraction of sp³-hybridized carbons (Fsp3) is 0.929. The van der Waals surface area contributed by atoms with Crippen LogP contribution in [0.3, 0.4) is 0 Å². The van der Waals surface area contributed by atoms with Gasteiger partial charge in [-0.3, -0.25) is 9.69 Å². The summed E-state index contributed by atoms with van der Waals surface area (Å²) in [4.78, 5) is 16.6. The molecule has 104 valence electrons. The first-order chi connectivity index (χ1) is 8.47. The Morgan fingerprint density at radius 3 is 2.33 bits per heavy atom. The third kappa shape index (κ3) is 3.04. The molecule has 4 nitrogen and oxygen atoms in total. The maximum atomic E-state index is 12.5. The Hall–Kier alpha value is -0.610. The number of nitrogens with zero attached hydrogens (tertiary/aromatic N) is 2. The second-order valence-electron chi connectivity index (χ2n) is 6.30. The highest BCUT2D eigenvalue weighted by atomic mass is 16.3. The quantitative estimate of drug-likeness (QED) is 0.798. The van der Waals surface area contributed by atoms with Gasteiger partial charge in [0.2, 0.25) is 5.91 Å². The highest BCUT2D eigenvalue weighted by Crippen LogP contribution is 2.23. The molecular formula is C14H26N2O2. The van der Waals surface area contributed by atoms with Crippen LogP contribution in [-0.2, 0) is 4.79 Å². The van der Waals surface area contributed by atoms with Crippen molar-refractivity contribution in [2.75, 3.05) is 26.2 Å². The Kier molecular flexibility index (Phi) is 4.28. The zero-order chi connectivity index (χ0) is 13.3. The molecule has 0 bridgehead atoms. The number of hydrogen-bond donors (Lipinski definition) is 1. The van der Waals surface area contributed by atoms with E-state index in [4.69, 9.17) is 0 Å². The minimum Gasteiger partial charge on any atom is -0.392 e. The van der Waals surface area contributed by atoms with Gasteiger partial charge in [-0.15, -0.1) is 0 Å². The second kappa shape index (κ2) is 5.57. The minimum atomic E-state index is -0.251. The molecular weight excluding hydrogens is 228 g/mol. The summed E-state index contributed by atoms with van der Waals surface area (Å²) >= 11 is 0. The average Bonchev–Trinajstić information content (AvgIpc) is 2.72. The Morgan fingerprint density at radius 2 is 1.83 bits per heavy atom. The molecule has 1 N–H and O–H groups in total. The van der Waals surface area contributed by atoms with E-state index in [2.05, 4.69) is 18.7 Å². The van der Waals surface area contributed by atoms with Crippen molar-refractivity contribution in [2.45, 2.75) is 45.8 Å². The number of amides is 1. The van der Waals surface area contributed by atoms with Gasteiger partial charge < -0.3 is 10.0 Å². The standard InChI is InChI=1S/C14H26N2O2/c1-10-6-11(2)8-16(7-10)14(18)12(3)15-5-4-13(17)9-15/h10-13,17H,4-9H2,1-3H3/t10?,11?,12?,13-/m0/s1. The van der Waals surface area contributed by atoms with E-state index in [-0.39, 0.29) is 18.1 Å². The van der Waals surface area contributed by atoms with Gasteiger partial charge in [-0.1, -0.05) is 13.8 Å². The highest BCUT2D eigenvalue weighted by molar-refractivity contribution is 5.81. The van der Waals surface area contributed by atoms with Gasteiger partial charge in [0.1, 0.15) is 0 Å². The Labute approximate surface area is 110 Å². The summed E-state index contributed by atoms with van der Waals surface area (Å²) in [5.74, 6) is 1.45. The highest BCUT2D eigenvalue weighted by Gasteiger charge is 2.33. The smallest absolute Gasteiger partial charge is 0.239 e. The monoisotopic (exact) mass is 254 g/mol. The number of piperidine rings is 1.